The number of methoxy groups -OCH3 is 1. The van der Waals surface area contributed by atoms with Gasteiger partial charge in [-0.1, -0.05) is 42.0 Å². The van der Waals surface area contributed by atoms with Gasteiger partial charge in [-0.05, 0) is 24.6 Å². The minimum atomic E-state index is -0.333. The van der Waals surface area contributed by atoms with Crippen molar-refractivity contribution in [2.75, 3.05) is 33.3 Å². The molecular weight excluding hydrogens is 416 g/mol. The number of carbonyl (C=O) groups is 1. The van der Waals surface area contributed by atoms with Gasteiger partial charge in [0.15, 0.2) is 11.7 Å². The van der Waals surface area contributed by atoms with E-state index in [1.165, 1.54) is 5.56 Å². The van der Waals surface area contributed by atoms with Gasteiger partial charge in [0.25, 0.3) is 0 Å². The molecule has 4 rings (SSSR count). The van der Waals surface area contributed by atoms with Crippen molar-refractivity contribution in [1.29, 1.82) is 5.26 Å². The number of ether oxygens (including phenoxy) is 1. The summed E-state index contributed by atoms with van der Waals surface area (Å²) in [6.45, 7) is 4.57. The third-order valence-electron chi connectivity index (χ3n) is 6.03. The summed E-state index contributed by atoms with van der Waals surface area (Å²) in [6, 6.07) is 17.7. The fourth-order valence-electron chi connectivity index (χ4n) is 4.03. The molecular formula is C26H28N4O3. The molecule has 7 heteroatoms. The van der Waals surface area contributed by atoms with Crippen molar-refractivity contribution < 1.29 is 13.9 Å². The molecule has 1 unspecified atom stereocenters. The third-order valence-corrected chi connectivity index (χ3v) is 6.03. The molecule has 1 aromatic heterocycles. The van der Waals surface area contributed by atoms with E-state index in [1.807, 2.05) is 60.4 Å². The highest BCUT2D eigenvalue weighted by Gasteiger charge is 2.27. The van der Waals surface area contributed by atoms with Gasteiger partial charge in [0.2, 0.25) is 5.91 Å². The number of aromatic nitrogens is 1. The molecule has 1 aliphatic rings. The second-order valence-corrected chi connectivity index (χ2v) is 8.21. The molecule has 1 aliphatic heterocycles. The average molecular weight is 445 g/mol. The normalized spacial score (nSPS) is 15.1. The van der Waals surface area contributed by atoms with Crippen LogP contribution >= 0.6 is 0 Å². The van der Waals surface area contributed by atoms with E-state index >= 15 is 0 Å². The van der Waals surface area contributed by atoms with Crippen molar-refractivity contribution in [3.8, 4) is 23.1 Å². The van der Waals surface area contributed by atoms with Crippen LogP contribution in [0.3, 0.4) is 0 Å². The molecule has 3 aromatic rings. The quantitative estimate of drug-likeness (QED) is 0.548. The van der Waals surface area contributed by atoms with E-state index in [-0.39, 0.29) is 11.9 Å². The molecule has 170 valence electrons. The molecule has 1 fully saturated rings. The highest BCUT2D eigenvalue weighted by Crippen LogP contribution is 2.24. The SMILES string of the molecule is COc1ccc(C(C#N)N2CCN(C(=O)CCc3ncc(-c4ccc(C)cc4)o3)CC2)cc1. The van der Waals surface area contributed by atoms with Crippen LogP contribution in [0.5, 0.6) is 5.75 Å². The van der Waals surface area contributed by atoms with Gasteiger partial charge in [-0.2, -0.15) is 5.26 Å². The predicted molar refractivity (Wildman–Crippen MR) is 124 cm³/mol. The zero-order valence-electron chi connectivity index (χ0n) is 19.0. The van der Waals surface area contributed by atoms with Gasteiger partial charge in [-0.15, -0.1) is 0 Å². The van der Waals surface area contributed by atoms with Crippen molar-refractivity contribution in [3.63, 3.8) is 0 Å². The van der Waals surface area contributed by atoms with Crippen LogP contribution in [0.2, 0.25) is 0 Å². The van der Waals surface area contributed by atoms with Crippen LogP contribution in [0.4, 0.5) is 0 Å². The van der Waals surface area contributed by atoms with Gasteiger partial charge in [0.1, 0.15) is 11.8 Å². The Balaban J connectivity index is 1.28. The molecule has 1 atom stereocenters. The summed E-state index contributed by atoms with van der Waals surface area (Å²) in [7, 11) is 1.62. The summed E-state index contributed by atoms with van der Waals surface area (Å²) in [5, 5.41) is 9.72. The first-order chi connectivity index (χ1) is 16.1. The highest BCUT2D eigenvalue weighted by atomic mass is 16.5. The minimum absolute atomic E-state index is 0.0858. The van der Waals surface area contributed by atoms with Crippen molar-refractivity contribution in [1.82, 2.24) is 14.8 Å². The molecule has 1 saturated heterocycles. The van der Waals surface area contributed by atoms with Crippen LogP contribution in [0.25, 0.3) is 11.3 Å². The van der Waals surface area contributed by atoms with E-state index in [0.717, 1.165) is 16.9 Å². The number of nitrogens with zero attached hydrogens (tertiary/aromatic N) is 4. The molecule has 1 amide bonds. The molecule has 0 N–H and O–H groups in total. The number of amides is 1. The van der Waals surface area contributed by atoms with Gasteiger partial charge >= 0.3 is 0 Å². The number of hydrogen-bond acceptors (Lipinski definition) is 6. The molecule has 2 heterocycles. The number of carbonyl (C=O) groups excluding carboxylic acids is 1. The van der Waals surface area contributed by atoms with Gasteiger partial charge in [0.05, 0.1) is 19.4 Å². The number of hydrogen-bond donors (Lipinski definition) is 0. The van der Waals surface area contributed by atoms with Crippen molar-refractivity contribution >= 4 is 5.91 Å². The Morgan fingerprint density at radius 3 is 2.45 bits per heavy atom. The average Bonchev–Trinajstić information content (AvgIpc) is 3.33. The Kier molecular flexibility index (Phi) is 7.06. The number of nitriles is 1. The van der Waals surface area contributed by atoms with E-state index in [1.54, 1.807) is 13.3 Å². The lowest BCUT2D eigenvalue weighted by Crippen LogP contribution is -2.49. The molecule has 0 radical (unpaired) electrons. The van der Waals surface area contributed by atoms with Crippen LogP contribution in [-0.2, 0) is 11.2 Å². The Labute approximate surface area is 194 Å². The summed E-state index contributed by atoms with van der Waals surface area (Å²) in [5.41, 5.74) is 3.10. The maximum Gasteiger partial charge on any atom is 0.223 e. The predicted octanol–water partition coefficient (Wildman–Crippen LogP) is 4.00. The smallest absolute Gasteiger partial charge is 0.223 e. The topological polar surface area (TPSA) is 82.6 Å². The number of rotatable bonds is 7. The fourth-order valence-corrected chi connectivity index (χ4v) is 4.03. The summed E-state index contributed by atoms with van der Waals surface area (Å²) in [5.74, 6) is 2.14. The van der Waals surface area contributed by atoms with Crippen molar-refractivity contribution in [2.24, 2.45) is 0 Å². The monoisotopic (exact) mass is 444 g/mol. The second-order valence-electron chi connectivity index (χ2n) is 8.21. The zero-order chi connectivity index (χ0) is 23.2. The van der Waals surface area contributed by atoms with Gasteiger partial charge in [0, 0.05) is 44.6 Å². The van der Waals surface area contributed by atoms with E-state index in [9.17, 15) is 10.1 Å². The van der Waals surface area contributed by atoms with E-state index in [4.69, 9.17) is 9.15 Å². The van der Waals surface area contributed by atoms with Gasteiger partial charge < -0.3 is 14.1 Å². The Bertz CT molecular complexity index is 1110. The zero-order valence-corrected chi connectivity index (χ0v) is 19.0. The first kappa shape index (κ1) is 22.6. The lowest BCUT2D eigenvalue weighted by Gasteiger charge is -2.37. The van der Waals surface area contributed by atoms with Crippen LogP contribution in [0, 0.1) is 18.3 Å². The molecule has 0 saturated carbocycles. The van der Waals surface area contributed by atoms with Crippen LogP contribution in [0.1, 0.15) is 29.5 Å². The molecule has 0 spiro atoms. The number of oxazole rings is 1. The van der Waals surface area contributed by atoms with Crippen LogP contribution in [0.15, 0.2) is 59.1 Å². The standard InChI is InChI=1S/C26H28N4O3/c1-19-3-5-21(6-4-19)24-18-28-25(33-24)11-12-26(31)30-15-13-29(14-16-30)23(17-27)20-7-9-22(32-2)10-8-20/h3-10,18,23H,11-16H2,1-2H3. The first-order valence-electron chi connectivity index (χ1n) is 11.1. The van der Waals surface area contributed by atoms with Crippen molar-refractivity contribution in [3.05, 3.63) is 71.7 Å². The van der Waals surface area contributed by atoms with E-state index in [0.29, 0.717) is 50.7 Å². The molecule has 0 bridgehead atoms. The fraction of sp³-hybridized carbons (Fsp3) is 0.346. The molecule has 7 nitrogen and oxygen atoms in total. The lowest BCUT2D eigenvalue weighted by atomic mass is 10.1. The summed E-state index contributed by atoms with van der Waals surface area (Å²) < 4.78 is 11.0. The number of aryl methyl sites for hydroxylation is 2. The summed E-state index contributed by atoms with van der Waals surface area (Å²) >= 11 is 0. The van der Waals surface area contributed by atoms with Gasteiger partial charge in [-0.3, -0.25) is 9.69 Å². The number of piperazine rings is 1. The van der Waals surface area contributed by atoms with E-state index < -0.39 is 0 Å². The third kappa shape index (κ3) is 5.41. The Morgan fingerprint density at radius 2 is 1.82 bits per heavy atom. The maximum atomic E-state index is 12.7. The summed E-state index contributed by atoms with van der Waals surface area (Å²) in [6.07, 6.45) is 2.54. The summed E-state index contributed by atoms with van der Waals surface area (Å²) in [4.78, 5) is 21.0. The Morgan fingerprint density at radius 1 is 1.12 bits per heavy atom. The molecule has 0 aliphatic carbocycles. The minimum Gasteiger partial charge on any atom is -0.497 e. The first-order valence-corrected chi connectivity index (χ1v) is 11.1. The highest BCUT2D eigenvalue weighted by molar-refractivity contribution is 5.76. The molecule has 33 heavy (non-hydrogen) atoms. The largest absolute Gasteiger partial charge is 0.497 e. The number of benzene rings is 2. The van der Waals surface area contributed by atoms with Crippen LogP contribution < -0.4 is 4.74 Å². The second kappa shape index (κ2) is 10.3. The van der Waals surface area contributed by atoms with E-state index in [2.05, 4.69) is 16.0 Å². The van der Waals surface area contributed by atoms with Crippen LogP contribution in [-0.4, -0.2) is 54.0 Å². The van der Waals surface area contributed by atoms with Crippen molar-refractivity contribution in [2.45, 2.75) is 25.8 Å². The Hall–Kier alpha value is -3.63. The maximum absolute atomic E-state index is 12.7. The lowest BCUT2D eigenvalue weighted by molar-refractivity contribution is -0.133. The van der Waals surface area contributed by atoms with Gasteiger partial charge in [-0.25, -0.2) is 4.98 Å². The molecule has 2 aromatic carbocycles.